The summed E-state index contributed by atoms with van der Waals surface area (Å²) >= 11 is 0. The highest BCUT2D eigenvalue weighted by Crippen LogP contribution is 2.29. The molecule has 6 nitrogen and oxygen atoms in total. The molecule has 0 amide bonds. The number of aromatic nitrogens is 2. The molecule has 0 unspecified atom stereocenters. The lowest BCUT2D eigenvalue weighted by Gasteiger charge is -2.25. The summed E-state index contributed by atoms with van der Waals surface area (Å²) in [5, 5.41) is 0. The summed E-state index contributed by atoms with van der Waals surface area (Å²) in [5.41, 5.74) is 7.38. The van der Waals surface area contributed by atoms with E-state index in [9.17, 15) is 4.79 Å². The van der Waals surface area contributed by atoms with Gasteiger partial charge in [-0.2, -0.15) is 0 Å². The molecule has 1 fully saturated rings. The van der Waals surface area contributed by atoms with Crippen molar-refractivity contribution in [2.45, 2.75) is 20.3 Å². The number of aliphatic imine (C=N–C) groups is 1. The van der Waals surface area contributed by atoms with Crippen LogP contribution in [0, 0.1) is 6.92 Å². The molecule has 172 valence electrons. The molecule has 34 heavy (non-hydrogen) atoms. The summed E-state index contributed by atoms with van der Waals surface area (Å²) in [6.07, 6.45) is 4.79. The fourth-order valence-electron chi connectivity index (χ4n) is 4.68. The second-order valence-corrected chi connectivity index (χ2v) is 8.77. The van der Waals surface area contributed by atoms with Crippen molar-refractivity contribution in [1.82, 2.24) is 9.97 Å². The van der Waals surface area contributed by atoms with Crippen LogP contribution in [0.5, 0.6) is 0 Å². The van der Waals surface area contributed by atoms with E-state index in [1.165, 1.54) is 11.4 Å². The number of benzene rings is 1. The summed E-state index contributed by atoms with van der Waals surface area (Å²) < 4.78 is 0. The first-order valence-electron chi connectivity index (χ1n) is 11.8. The van der Waals surface area contributed by atoms with Crippen molar-refractivity contribution < 1.29 is 0 Å². The molecule has 1 saturated heterocycles. The largest absolute Gasteiger partial charge is 0.370 e. The molecule has 1 aromatic heterocycles. The first kappa shape index (κ1) is 21.9. The monoisotopic (exact) mass is 451 g/mol. The van der Waals surface area contributed by atoms with E-state index in [0.29, 0.717) is 5.56 Å². The average Bonchev–Trinajstić information content (AvgIpc) is 3.04. The smallest absolute Gasteiger partial charge is 0.258 e. The van der Waals surface area contributed by atoms with Gasteiger partial charge in [-0.1, -0.05) is 30.3 Å². The van der Waals surface area contributed by atoms with Gasteiger partial charge >= 0.3 is 0 Å². The number of nitrogens with zero attached hydrogens (tertiary/aromatic N) is 4. The van der Waals surface area contributed by atoms with Crippen LogP contribution < -0.4 is 15.4 Å². The average molecular weight is 452 g/mol. The summed E-state index contributed by atoms with van der Waals surface area (Å²) in [4.78, 5) is 29.6. The van der Waals surface area contributed by atoms with Crippen LogP contribution in [0.25, 0.3) is 11.3 Å². The Balaban J connectivity index is 1.41. The third kappa shape index (κ3) is 4.44. The number of hydrogen-bond donors (Lipinski definition) is 1. The van der Waals surface area contributed by atoms with Gasteiger partial charge in [-0.15, -0.1) is 0 Å². The van der Waals surface area contributed by atoms with Crippen LogP contribution in [0.1, 0.15) is 24.5 Å². The minimum atomic E-state index is -0.0972. The molecule has 0 atom stereocenters. The first-order chi connectivity index (χ1) is 16.6. The van der Waals surface area contributed by atoms with Crippen LogP contribution in [0.4, 0.5) is 17.1 Å². The molecule has 3 aliphatic rings. The second kappa shape index (κ2) is 9.51. The van der Waals surface area contributed by atoms with E-state index in [1.807, 2.05) is 49.6 Å². The SMILES string of the molecule is CC(=Nc1cc(N2CCCN(c3ccncc3)CC2)ccc1C)c1c2cccccc-2[nH]c1=O. The normalized spacial score (nSPS) is 14.9. The molecule has 0 radical (unpaired) electrons. The Morgan fingerprint density at radius 2 is 1.65 bits per heavy atom. The Hall–Kier alpha value is -3.93. The maximum absolute atomic E-state index is 12.7. The summed E-state index contributed by atoms with van der Waals surface area (Å²) in [6, 6.07) is 20.3. The standard InChI is InChI=1S/C28H29N5O/c1-20-9-10-23(33-16-6-15-32(17-18-33)22-11-13-29-14-12-22)19-26(20)30-21(2)27-24-7-4-3-5-8-25(24)31-28(27)34/h3-5,7-14,19H,6,15-18H2,1-2H3,(H,31,34). The van der Waals surface area contributed by atoms with Gasteiger partial charge in [0.2, 0.25) is 0 Å². The van der Waals surface area contributed by atoms with Gasteiger partial charge in [-0.25, -0.2) is 0 Å². The minimum Gasteiger partial charge on any atom is -0.370 e. The number of H-pyrrole nitrogens is 1. The third-order valence-corrected chi connectivity index (χ3v) is 6.51. The van der Waals surface area contributed by atoms with Crippen molar-refractivity contribution in [1.29, 1.82) is 0 Å². The van der Waals surface area contributed by atoms with Gasteiger partial charge in [0.1, 0.15) is 0 Å². The quantitative estimate of drug-likeness (QED) is 0.442. The maximum Gasteiger partial charge on any atom is 0.258 e. The van der Waals surface area contributed by atoms with Crippen LogP contribution in [0.15, 0.2) is 82.8 Å². The zero-order valence-corrected chi connectivity index (χ0v) is 19.7. The van der Waals surface area contributed by atoms with E-state index < -0.39 is 0 Å². The van der Waals surface area contributed by atoms with Gasteiger partial charge in [-0.05, 0) is 56.2 Å². The van der Waals surface area contributed by atoms with Crippen LogP contribution in [0.3, 0.4) is 0 Å². The van der Waals surface area contributed by atoms with Gasteiger partial charge in [0.25, 0.3) is 5.56 Å². The number of fused-ring (bicyclic) bond motifs is 1. The van der Waals surface area contributed by atoms with Crippen LogP contribution in [0.2, 0.25) is 0 Å². The molecule has 3 heterocycles. The molecule has 1 aromatic carbocycles. The fourth-order valence-corrected chi connectivity index (χ4v) is 4.68. The van der Waals surface area contributed by atoms with Crippen LogP contribution >= 0.6 is 0 Å². The molecule has 1 N–H and O–H groups in total. The topological polar surface area (TPSA) is 64.6 Å². The van der Waals surface area contributed by atoms with Gasteiger partial charge in [0.15, 0.2) is 0 Å². The number of aromatic amines is 1. The van der Waals surface area contributed by atoms with E-state index in [-0.39, 0.29) is 5.56 Å². The highest BCUT2D eigenvalue weighted by molar-refractivity contribution is 6.05. The van der Waals surface area contributed by atoms with E-state index in [4.69, 9.17) is 4.99 Å². The van der Waals surface area contributed by atoms with Crippen molar-refractivity contribution in [3.8, 4) is 11.3 Å². The van der Waals surface area contributed by atoms with Crippen molar-refractivity contribution in [2.75, 3.05) is 36.0 Å². The number of nitrogens with one attached hydrogen (secondary N) is 1. The second-order valence-electron chi connectivity index (χ2n) is 8.77. The van der Waals surface area contributed by atoms with Crippen molar-refractivity contribution in [3.63, 3.8) is 0 Å². The Morgan fingerprint density at radius 1 is 0.912 bits per heavy atom. The summed E-state index contributed by atoms with van der Waals surface area (Å²) in [6.45, 7) is 7.91. The van der Waals surface area contributed by atoms with Gasteiger partial charge in [0.05, 0.1) is 17.0 Å². The lowest BCUT2D eigenvalue weighted by Crippen LogP contribution is -2.30. The van der Waals surface area contributed by atoms with Crippen molar-refractivity contribution in [2.24, 2.45) is 4.99 Å². The minimum absolute atomic E-state index is 0.0972. The highest BCUT2D eigenvalue weighted by Gasteiger charge is 2.18. The number of rotatable bonds is 4. The van der Waals surface area contributed by atoms with E-state index in [2.05, 4.69) is 57.0 Å². The molecule has 2 aliphatic heterocycles. The molecular formula is C28H29N5O. The summed E-state index contributed by atoms with van der Waals surface area (Å²) in [5.74, 6) is 0. The molecular weight excluding hydrogens is 422 g/mol. The molecule has 0 saturated carbocycles. The molecule has 2 aromatic rings. The third-order valence-electron chi connectivity index (χ3n) is 6.51. The van der Waals surface area contributed by atoms with Gasteiger partial charge < -0.3 is 14.8 Å². The van der Waals surface area contributed by atoms with Gasteiger partial charge in [-0.3, -0.25) is 14.8 Å². The molecule has 0 spiro atoms. The lowest BCUT2D eigenvalue weighted by molar-refractivity contribution is 0.806. The number of aryl methyl sites for hydroxylation is 1. The highest BCUT2D eigenvalue weighted by atomic mass is 16.1. The van der Waals surface area contributed by atoms with E-state index in [0.717, 1.165) is 60.8 Å². The molecule has 0 bridgehead atoms. The number of pyridine rings is 1. The summed E-state index contributed by atoms with van der Waals surface area (Å²) in [7, 11) is 0. The Kier molecular flexibility index (Phi) is 6.12. The van der Waals surface area contributed by atoms with E-state index in [1.54, 1.807) is 0 Å². The zero-order chi connectivity index (χ0) is 23.5. The van der Waals surface area contributed by atoms with Crippen LogP contribution in [-0.4, -0.2) is 41.9 Å². The first-order valence-corrected chi connectivity index (χ1v) is 11.8. The molecule has 6 heteroatoms. The Bertz CT molecular complexity index is 1340. The Labute approximate surface area is 200 Å². The van der Waals surface area contributed by atoms with Gasteiger partial charge in [0, 0.05) is 61.2 Å². The Morgan fingerprint density at radius 3 is 2.44 bits per heavy atom. The van der Waals surface area contributed by atoms with E-state index >= 15 is 0 Å². The maximum atomic E-state index is 12.7. The number of hydrogen-bond acceptors (Lipinski definition) is 5. The number of anilines is 2. The predicted octanol–water partition coefficient (Wildman–Crippen LogP) is 5.04. The zero-order valence-electron chi connectivity index (χ0n) is 19.7. The van der Waals surface area contributed by atoms with Crippen molar-refractivity contribution >= 4 is 22.8 Å². The fraction of sp³-hybridized carbons (Fsp3) is 0.250. The lowest BCUT2D eigenvalue weighted by atomic mass is 10.1. The molecule has 1 aliphatic carbocycles. The predicted molar refractivity (Wildman–Crippen MR) is 140 cm³/mol. The van der Waals surface area contributed by atoms with Crippen LogP contribution in [-0.2, 0) is 0 Å². The van der Waals surface area contributed by atoms with Crippen molar-refractivity contribution in [3.05, 3.63) is 94.5 Å². The molecule has 5 rings (SSSR count).